The third-order valence-corrected chi connectivity index (χ3v) is 3.62. The number of aryl methyl sites for hydroxylation is 2. The van der Waals surface area contributed by atoms with Gasteiger partial charge in [-0.2, -0.15) is 18.3 Å². The van der Waals surface area contributed by atoms with Crippen LogP contribution in [0.15, 0.2) is 24.4 Å². The number of alkyl halides is 3. The van der Waals surface area contributed by atoms with Gasteiger partial charge in [-0.3, -0.25) is 5.10 Å². The Hall–Kier alpha value is -2.71. The van der Waals surface area contributed by atoms with Crippen LogP contribution in [0.1, 0.15) is 23.2 Å². The number of amides is 2. The number of anilines is 1. The number of carbonyl (C=O) groups is 1. The maximum atomic E-state index is 13.1. The number of nitrogens with zero attached hydrogens (tertiary/aromatic N) is 1. The molecule has 0 bridgehead atoms. The quantitative estimate of drug-likeness (QED) is 0.693. The van der Waals surface area contributed by atoms with Gasteiger partial charge in [-0.1, -0.05) is 0 Å². The summed E-state index contributed by atoms with van der Waals surface area (Å²) < 4.78 is 44.0. The first-order chi connectivity index (χ1) is 11.8. The molecule has 1 heterocycles. The highest BCUT2D eigenvalue weighted by Gasteiger charge is 2.34. The zero-order valence-corrected chi connectivity index (χ0v) is 13.8. The lowest BCUT2D eigenvalue weighted by molar-refractivity contribution is -0.137. The molecule has 2 aromatic rings. The highest BCUT2D eigenvalue weighted by Crippen LogP contribution is 2.37. The van der Waals surface area contributed by atoms with Crippen LogP contribution in [-0.2, 0) is 12.6 Å². The summed E-state index contributed by atoms with van der Waals surface area (Å²) in [5.41, 5.74) is 0.710. The molecule has 0 unspecified atom stereocenters. The maximum absolute atomic E-state index is 13.1. The molecular formula is C16H19F3N4O2. The number of hydrogen-bond acceptors (Lipinski definition) is 3. The van der Waals surface area contributed by atoms with Crippen molar-refractivity contribution in [2.75, 3.05) is 19.0 Å². The highest BCUT2D eigenvalue weighted by molar-refractivity contribution is 5.90. The summed E-state index contributed by atoms with van der Waals surface area (Å²) in [5, 5.41) is 11.5. The van der Waals surface area contributed by atoms with E-state index in [2.05, 4.69) is 20.8 Å². The topological polar surface area (TPSA) is 79.0 Å². The number of nitrogens with one attached hydrogen (secondary N) is 3. The van der Waals surface area contributed by atoms with Crippen molar-refractivity contribution in [1.82, 2.24) is 15.5 Å². The van der Waals surface area contributed by atoms with E-state index in [-0.39, 0.29) is 11.4 Å². The number of ether oxygens (including phenoxy) is 1. The van der Waals surface area contributed by atoms with Gasteiger partial charge in [-0.25, -0.2) is 4.79 Å². The lowest BCUT2D eigenvalue weighted by Crippen LogP contribution is -2.30. The van der Waals surface area contributed by atoms with Gasteiger partial charge in [-0.05, 0) is 43.5 Å². The number of halogens is 3. The highest BCUT2D eigenvalue weighted by atomic mass is 19.4. The van der Waals surface area contributed by atoms with Crippen molar-refractivity contribution in [1.29, 1.82) is 0 Å². The van der Waals surface area contributed by atoms with Crippen LogP contribution in [0.3, 0.4) is 0 Å². The zero-order chi connectivity index (χ0) is 18.4. The van der Waals surface area contributed by atoms with Gasteiger partial charge in [0, 0.05) is 12.2 Å². The second-order valence-electron chi connectivity index (χ2n) is 5.41. The molecule has 0 aliphatic rings. The van der Waals surface area contributed by atoms with Crippen molar-refractivity contribution in [3.05, 3.63) is 41.2 Å². The summed E-state index contributed by atoms with van der Waals surface area (Å²) >= 11 is 0. The number of methoxy groups -OCH3 is 1. The maximum Gasteiger partial charge on any atom is 0.418 e. The number of urea groups is 1. The first kappa shape index (κ1) is 18.6. The van der Waals surface area contributed by atoms with E-state index in [1.165, 1.54) is 13.2 Å². The minimum absolute atomic E-state index is 0.0637. The van der Waals surface area contributed by atoms with Gasteiger partial charge in [0.05, 0.1) is 24.6 Å². The fourth-order valence-electron chi connectivity index (χ4n) is 2.27. The first-order valence-electron chi connectivity index (χ1n) is 7.60. The monoisotopic (exact) mass is 356 g/mol. The predicted octanol–water partition coefficient (Wildman–Crippen LogP) is 3.50. The number of aromatic nitrogens is 2. The molecule has 0 aliphatic carbocycles. The number of H-pyrrole nitrogens is 1. The average Bonchev–Trinajstić information content (AvgIpc) is 2.96. The van der Waals surface area contributed by atoms with E-state index in [9.17, 15) is 18.0 Å². The summed E-state index contributed by atoms with van der Waals surface area (Å²) in [6.07, 6.45) is -1.54. The summed E-state index contributed by atoms with van der Waals surface area (Å²) in [6.45, 7) is 2.22. The van der Waals surface area contributed by atoms with E-state index in [1.807, 2.05) is 6.92 Å². The molecule has 9 heteroatoms. The van der Waals surface area contributed by atoms with Crippen LogP contribution in [0.2, 0.25) is 0 Å². The average molecular weight is 356 g/mol. The molecule has 0 aliphatic heterocycles. The van der Waals surface area contributed by atoms with Crippen molar-refractivity contribution < 1.29 is 22.7 Å². The first-order valence-corrected chi connectivity index (χ1v) is 7.60. The Bertz CT molecular complexity index is 728. The normalized spacial score (nSPS) is 11.2. The van der Waals surface area contributed by atoms with Crippen LogP contribution in [0, 0.1) is 6.92 Å². The van der Waals surface area contributed by atoms with Gasteiger partial charge in [0.2, 0.25) is 0 Å². The summed E-state index contributed by atoms with van der Waals surface area (Å²) in [4.78, 5) is 11.8. The number of rotatable bonds is 6. The van der Waals surface area contributed by atoms with Crippen molar-refractivity contribution in [3.8, 4) is 5.75 Å². The van der Waals surface area contributed by atoms with Gasteiger partial charge in [0.25, 0.3) is 0 Å². The molecule has 2 rings (SSSR count). The molecule has 0 atom stereocenters. The Kier molecular flexibility index (Phi) is 5.89. The molecular weight excluding hydrogens is 337 g/mol. The molecule has 2 amide bonds. The fourth-order valence-corrected chi connectivity index (χ4v) is 2.27. The van der Waals surface area contributed by atoms with Crippen LogP contribution in [0.4, 0.5) is 23.7 Å². The lowest BCUT2D eigenvalue weighted by atomic mass is 10.1. The summed E-state index contributed by atoms with van der Waals surface area (Å²) in [7, 11) is 1.27. The largest absolute Gasteiger partial charge is 0.497 e. The van der Waals surface area contributed by atoms with E-state index in [0.717, 1.165) is 23.4 Å². The standard InChI is InChI=1S/C16H19F3N4O2/c1-10-11(9-21-23-10)4-3-7-20-15(24)22-14-6-5-12(25-2)8-13(14)16(17,18)19/h5-6,8-9H,3-4,7H2,1-2H3,(H,21,23)(H2,20,22,24). The number of hydrogen-bond donors (Lipinski definition) is 3. The second kappa shape index (κ2) is 7.91. The summed E-state index contributed by atoms with van der Waals surface area (Å²) in [6, 6.07) is 2.67. The van der Waals surface area contributed by atoms with Crippen LogP contribution < -0.4 is 15.4 Å². The molecule has 6 nitrogen and oxygen atoms in total. The van der Waals surface area contributed by atoms with Crippen molar-refractivity contribution in [2.24, 2.45) is 0 Å². The van der Waals surface area contributed by atoms with Gasteiger partial charge < -0.3 is 15.4 Å². The number of benzene rings is 1. The van der Waals surface area contributed by atoms with Gasteiger partial charge in [0.15, 0.2) is 0 Å². The molecule has 25 heavy (non-hydrogen) atoms. The molecule has 0 saturated carbocycles. The molecule has 136 valence electrons. The Morgan fingerprint density at radius 2 is 2.12 bits per heavy atom. The Balaban J connectivity index is 1.90. The minimum atomic E-state index is -4.60. The summed E-state index contributed by atoms with van der Waals surface area (Å²) in [5.74, 6) is 0.0637. The van der Waals surface area contributed by atoms with Gasteiger partial charge >= 0.3 is 12.2 Å². The lowest BCUT2D eigenvalue weighted by Gasteiger charge is -2.15. The molecule has 0 fully saturated rings. The molecule has 0 radical (unpaired) electrons. The second-order valence-corrected chi connectivity index (χ2v) is 5.41. The van der Waals surface area contributed by atoms with E-state index < -0.39 is 17.8 Å². The van der Waals surface area contributed by atoms with Crippen LogP contribution in [0.25, 0.3) is 0 Å². The third-order valence-electron chi connectivity index (χ3n) is 3.62. The zero-order valence-electron chi connectivity index (χ0n) is 13.8. The van der Waals surface area contributed by atoms with Gasteiger partial charge in [-0.15, -0.1) is 0 Å². The number of carbonyl (C=O) groups excluding carboxylic acids is 1. The molecule has 0 spiro atoms. The Morgan fingerprint density at radius 3 is 2.72 bits per heavy atom. The van der Waals surface area contributed by atoms with E-state index >= 15 is 0 Å². The number of aromatic amines is 1. The van der Waals surface area contributed by atoms with E-state index in [1.54, 1.807) is 6.20 Å². The molecule has 1 aromatic carbocycles. The van der Waals surface area contributed by atoms with Crippen molar-refractivity contribution in [2.45, 2.75) is 25.9 Å². The van der Waals surface area contributed by atoms with E-state index in [4.69, 9.17) is 4.74 Å². The Morgan fingerprint density at radius 1 is 1.36 bits per heavy atom. The fraction of sp³-hybridized carbons (Fsp3) is 0.375. The molecule has 1 aromatic heterocycles. The third kappa shape index (κ3) is 5.13. The van der Waals surface area contributed by atoms with Crippen LogP contribution in [-0.4, -0.2) is 29.9 Å². The SMILES string of the molecule is COc1ccc(NC(=O)NCCCc2cn[nH]c2C)c(C(F)(F)F)c1. The minimum Gasteiger partial charge on any atom is -0.497 e. The van der Waals surface area contributed by atoms with Crippen molar-refractivity contribution in [3.63, 3.8) is 0 Å². The van der Waals surface area contributed by atoms with Crippen molar-refractivity contribution >= 4 is 11.7 Å². The smallest absolute Gasteiger partial charge is 0.418 e. The molecule has 3 N–H and O–H groups in total. The predicted molar refractivity (Wildman–Crippen MR) is 86.7 cm³/mol. The van der Waals surface area contributed by atoms with Gasteiger partial charge in [0.1, 0.15) is 5.75 Å². The molecule has 0 saturated heterocycles. The van der Waals surface area contributed by atoms with Crippen LogP contribution in [0.5, 0.6) is 5.75 Å². The Labute approximate surface area is 142 Å². The van der Waals surface area contributed by atoms with Crippen LogP contribution >= 0.6 is 0 Å². The van der Waals surface area contributed by atoms with E-state index in [0.29, 0.717) is 19.4 Å².